The highest BCUT2D eigenvalue weighted by atomic mass is 16.1. The zero-order valence-electron chi connectivity index (χ0n) is 9.40. The van der Waals surface area contributed by atoms with E-state index in [2.05, 4.69) is 0 Å². The summed E-state index contributed by atoms with van der Waals surface area (Å²) >= 11 is 0. The van der Waals surface area contributed by atoms with E-state index in [0.717, 1.165) is 18.7 Å². The lowest BCUT2D eigenvalue weighted by molar-refractivity contribution is -0.118. The Labute approximate surface area is 95.1 Å². The van der Waals surface area contributed by atoms with Gasteiger partial charge in [0.15, 0.2) is 11.6 Å². The second-order valence-electron chi connectivity index (χ2n) is 4.17. The number of carbonyl (C=O) groups excluding carboxylic acids is 2. The number of carbonyl (C=O) groups is 2. The minimum Gasteiger partial charge on any atom is -0.364 e. The van der Waals surface area contributed by atoms with Gasteiger partial charge < -0.3 is 4.90 Å². The number of hydrogen-bond acceptors (Lipinski definition) is 3. The van der Waals surface area contributed by atoms with Crippen LogP contribution in [0.2, 0.25) is 0 Å². The van der Waals surface area contributed by atoms with Crippen molar-refractivity contribution in [2.45, 2.75) is 19.8 Å². The average Bonchev–Trinajstić information content (AvgIpc) is 2.29. The fourth-order valence-electron chi connectivity index (χ4n) is 1.98. The van der Waals surface area contributed by atoms with E-state index in [9.17, 15) is 9.59 Å². The minimum absolute atomic E-state index is 0.0604. The Morgan fingerprint density at radius 3 is 2.88 bits per heavy atom. The van der Waals surface area contributed by atoms with Gasteiger partial charge in [-0.25, -0.2) is 0 Å². The number of hydrogen-bond donors (Lipinski definition) is 0. The van der Waals surface area contributed by atoms with E-state index in [-0.39, 0.29) is 11.6 Å². The first-order valence-electron chi connectivity index (χ1n) is 5.54. The van der Waals surface area contributed by atoms with Gasteiger partial charge in [0.2, 0.25) is 0 Å². The topological polar surface area (TPSA) is 37.4 Å². The molecule has 1 aliphatic rings. The molecule has 16 heavy (non-hydrogen) atoms. The zero-order chi connectivity index (χ0) is 11.5. The van der Waals surface area contributed by atoms with E-state index in [1.54, 1.807) is 13.0 Å². The molecular weight excluding hydrogens is 202 g/mol. The normalized spacial score (nSPS) is 16.3. The Morgan fingerprint density at radius 2 is 2.19 bits per heavy atom. The molecule has 84 valence electrons. The number of anilines is 1. The molecule has 0 radical (unpaired) electrons. The zero-order valence-corrected chi connectivity index (χ0v) is 9.40. The van der Waals surface area contributed by atoms with Crippen LogP contribution in [0.15, 0.2) is 24.3 Å². The summed E-state index contributed by atoms with van der Waals surface area (Å²) in [6.07, 6.45) is 1.59. The SMILES string of the molecule is CC(=O)c1cccc(N2CCCC(=O)C2)c1. The number of piperidine rings is 1. The van der Waals surface area contributed by atoms with Gasteiger partial charge in [-0.1, -0.05) is 12.1 Å². The molecule has 0 unspecified atom stereocenters. The van der Waals surface area contributed by atoms with Crippen LogP contribution in [0.5, 0.6) is 0 Å². The van der Waals surface area contributed by atoms with Crippen LogP contribution in [0.25, 0.3) is 0 Å². The molecule has 3 heteroatoms. The molecule has 0 amide bonds. The maximum Gasteiger partial charge on any atom is 0.159 e. The molecule has 1 aromatic carbocycles. The monoisotopic (exact) mass is 217 g/mol. The Hall–Kier alpha value is -1.64. The molecule has 1 aliphatic heterocycles. The molecule has 0 aliphatic carbocycles. The Bertz CT molecular complexity index is 426. The minimum atomic E-state index is 0.0604. The fourth-order valence-corrected chi connectivity index (χ4v) is 1.98. The lowest BCUT2D eigenvalue weighted by atomic mass is 10.1. The van der Waals surface area contributed by atoms with Gasteiger partial charge >= 0.3 is 0 Å². The molecule has 1 saturated heterocycles. The maximum atomic E-state index is 11.4. The standard InChI is InChI=1S/C13H15NO2/c1-10(15)11-4-2-5-12(8-11)14-7-3-6-13(16)9-14/h2,4-5,8H,3,6-7,9H2,1H3. The van der Waals surface area contributed by atoms with E-state index < -0.39 is 0 Å². The largest absolute Gasteiger partial charge is 0.364 e. The summed E-state index contributed by atoms with van der Waals surface area (Å²) in [5.41, 5.74) is 1.68. The van der Waals surface area contributed by atoms with E-state index in [0.29, 0.717) is 18.5 Å². The van der Waals surface area contributed by atoms with E-state index >= 15 is 0 Å². The Morgan fingerprint density at radius 1 is 1.38 bits per heavy atom. The molecule has 0 N–H and O–H groups in total. The van der Waals surface area contributed by atoms with Crippen LogP contribution in [0.1, 0.15) is 30.1 Å². The molecule has 1 aromatic rings. The van der Waals surface area contributed by atoms with Crippen molar-refractivity contribution in [3.63, 3.8) is 0 Å². The van der Waals surface area contributed by atoms with Crippen molar-refractivity contribution in [2.75, 3.05) is 18.0 Å². The second kappa shape index (κ2) is 4.47. The summed E-state index contributed by atoms with van der Waals surface area (Å²) in [6, 6.07) is 7.48. The number of ketones is 2. The van der Waals surface area contributed by atoms with Gasteiger partial charge in [0, 0.05) is 24.2 Å². The first-order chi connectivity index (χ1) is 7.66. The van der Waals surface area contributed by atoms with Crippen LogP contribution < -0.4 is 4.90 Å². The van der Waals surface area contributed by atoms with Crippen LogP contribution in [0, 0.1) is 0 Å². The third kappa shape index (κ3) is 2.30. The third-order valence-corrected chi connectivity index (χ3v) is 2.87. The molecule has 3 nitrogen and oxygen atoms in total. The smallest absolute Gasteiger partial charge is 0.159 e. The first kappa shape index (κ1) is 10.9. The van der Waals surface area contributed by atoms with Crippen LogP contribution in [0.4, 0.5) is 5.69 Å². The van der Waals surface area contributed by atoms with Gasteiger partial charge in [0.25, 0.3) is 0 Å². The number of benzene rings is 1. The van der Waals surface area contributed by atoms with E-state index in [1.807, 2.05) is 23.1 Å². The van der Waals surface area contributed by atoms with E-state index in [4.69, 9.17) is 0 Å². The summed E-state index contributed by atoms with van der Waals surface area (Å²) in [7, 11) is 0. The number of rotatable bonds is 2. The molecule has 1 fully saturated rings. The summed E-state index contributed by atoms with van der Waals surface area (Å²) in [5, 5.41) is 0. The van der Waals surface area contributed by atoms with Crippen molar-refractivity contribution in [2.24, 2.45) is 0 Å². The quantitative estimate of drug-likeness (QED) is 0.711. The third-order valence-electron chi connectivity index (χ3n) is 2.87. The average molecular weight is 217 g/mol. The predicted molar refractivity (Wildman–Crippen MR) is 62.9 cm³/mol. The maximum absolute atomic E-state index is 11.4. The van der Waals surface area contributed by atoms with Crippen molar-refractivity contribution >= 4 is 17.3 Å². The summed E-state index contributed by atoms with van der Waals surface area (Å²) in [6.45, 7) is 2.93. The lowest BCUT2D eigenvalue weighted by Gasteiger charge is -2.28. The highest BCUT2D eigenvalue weighted by Crippen LogP contribution is 2.19. The number of Topliss-reactive ketones (excluding diaryl/α,β-unsaturated/α-hetero) is 2. The van der Waals surface area contributed by atoms with Crippen molar-refractivity contribution in [3.05, 3.63) is 29.8 Å². The molecule has 1 heterocycles. The van der Waals surface area contributed by atoms with Crippen LogP contribution in [-0.2, 0) is 4.79 Å². The Balaban J connectivity index is 2.22. The van der Waals surface area contributed by atoms with Gasteiger partial charge in [-0.3, -0.25) is 9.59 Å². The molecule has 0 aromatic heterocycles. The lowest BCUT2D eigenvalue weighted by Crippen LogP contribution is -2.35. The van der Waals surface area contributed by atoms with Crippen molar-refractivity contribution < 1.29 is 9.59 Å². The fraction of sp³-hybridized carbons (Fsp3) is 0.385. The summed E-state index contributed by atoms with van der Waals surface area (Å²) < 4.78 is 0. The molecule has 2 rings (SSSR count). The van der Waals surface area contributed by atoms with Gasteiger partial charge in [0.1, 0.15) is 0 Å². The van der Waals surface area contributed by atoms with Crippen molar-refractivity contribution in [1.29, 1.82) is 0 Å². The van der Waals surface area contributed by atoms with E-state index in [1.165, 1.54) is 0 Å². The molecule has 0 saturated carbocycles. The Kier molecular flexibility index (Phi) is 3.04. The van der Waals surface area contributed by atoms with Gasteiger partial charge in [-0.15, -0.1) is 0 Å². The summed E-state index contributed by atoms with van der Waals surface area (Å²) in [5.74, 6) is 0.338. The van der Waals surface area contributed by atoms with Crippen molar-refractivity contribution in [1.82, 2.24) is 0 Å². The molecular formula is C13H15NO2. The molecule has 0 atom stereocenters. The van der Waals surface area contributed by atoms with Crippen LogP contribution >= 0.6 is 0 Å². The van der Waals surface area contributed by atoms with Crippen LogP contribution in [0.3, 0.4) is 0 Å². The number of nitrogens with zero attached hydrogens (tertiary/aromatic N) is 1. The molecule has 0 spiro atoms. The second-order valence-corrected chi connectivity index (χ2v) is 4.17. The molecule has 0 bridgehead atoms. The van der Waals surface area contributed by atoms with Gasteiger partial charge in [-0.2, -0.15) is 0 Å². The first-order valence-corrected chi connectivity index (χ1v) is 5.54. The predicted octanol–water partition coefficient (Wildman–Crippen LogP) is 2.06. The van der Waals surface area contributed by atoms with Crippen molar-refractivity contribution in [3.8, 4) is 0 Å². The van der Waals surface area contributed by atoms with Gasteiger partial charge in [0.05, 0.1) is 6.54 Å². The summed E-state index contributed by atoms with van der Waals surface area (Å²) in [4.78, 5) is 24.7. The highest BCUT2D eigenvalue weighted by molar-refractivity contribution is 5.95. The highest BCUT2D eigenvalue weighted by Gasteiger charge is 2.17. The van der Waals surface area contributed by atoms with Crippen LogP contribution in [-0.4, -0.2) is 24.7 Å². The van der Waals surface area contributed by atoms with Gasteiger partial charge in [-0.05, 0) is 25.5 Å².